The fourth-order valence-electron chi connectivity index (χ4n) is 2.07. The zero-order valence-corrected chi connectivity index (χ0v) is 10.8. The molecule has 0 amide bonds. The van der Waals surface area contributed by atoms with Gasteiger partial charge in [0.1, 0.15) is 0 Å². The summed E-state index contributed by atoms with van der Waals surface area (Å²) >= 11 is 0. The highest BCUT2D eigenvalue weighted by Gasteiger charge is 2.30. The van der Waals surface area contributed by atoms with E-state index in [1.165, 1.54) is 0 Å². The molecule has 17 heavy (non-hydrogen) atoms. The number of sulfone groups is 1. The van der Waals surface area contributed by atoms with Crippen LogP contribution in [0, 0.1) is 6.92 Å². The number of nitrogens with one attached hydrogen (secondary N) is 1. The van der Waals surface area contributed by atoms with Crippen LogP contribution in [-0.4, -0.2) is 26.0 Å². The van der Waals surface area contributed by atoms with E-state index in [0.717, 1.165) is 29.8 Å². The molecule has 1 atom stereocenters. The van der Waals surface area contributed by atoms with Crippen LogP contribution in [0.4, 0.5) is 11.4 Å². The van der Waals surface area contributed by atoms with Gasteiger partial charge in [0.25, 0.3) is 0 Å². The molecule has 1 aliphatic rings. The van der Waals surface area contributed by atoms with E-state index < -0.39 is 9.84 Å². The standard InChI is InChI=1S/C12H18N2O2S/c1-9-4-5-10(7-12(9)13)14-8-11-3-2-6-17(11,15)16/h4-5,7,11,14H,2-3,6,8,13H2,1H3. The molecule has 1 aromatic carbocycles. The van der Waals surface area contributed by atoms with E-state index in [4.69, 9.17) is 5.73 Å². The summed E-state index contributed by atoms with van der Waals surface area (Å²) in [6, 6.07) is 5.70. The fraction of sp³-hybridized carbons (Fsp3) is 0.500. The lowest BCUT2D eigenvalue weighted by Crippen LogP contribution is -2.25. The van der Waals surface area contributed by atoms with Crippen molar-refractivity contribution in [3.63, 3.8) is 0 Å². The molecular formula is C12H18N2O2S. The summed E-state index contributed by atoms with van der Waals surface area (Å²) in [7, 11) is -2.87. The monoisotopic (exact) mass is 254 g/mol. The summed E-state index contributed by atoms with van der Waals surface area (Å²) in [4.78, 5) is 0. The molecule has 5 heteroatoms. The first-order valence-corrected chi connectivity index (χ1v) is 7.52. The van der Waals surface area contributed by atoms with Crippen molar-refractivity contribution in [3.05, 3.63) is 23.8 Å². The maximum absolute atomic E-state index is 11.6. The lowest BCUT2D eigenvalue weighted by Gasteiger charge is -2.12. The smallest absolute Gasteiger partial charge is 0.154 e. The molecule has 0 spiro atoms. The molecular weight excluding hydrogens is 236 g/mol. The molecule has 0 aliphatic carbocycles. The molecule has 3 N–H and O–H groups in total. The van der Waals surface area contributed by atoms with Gasteiger partial charge in [0.05, 0.1) is 11.0 Å². The van der Waals surface area contributed by atoms with Gasteiger partial charge in [-0.2, -0.15) is 0 Å². The highest BCUT2D eigenvalue weighted by Crippen LogP contribution is 2.22. The summed E-state index contributed by atoms with van der Waals surface area (Å²) in [6.45, 7) is 2.42. The predicted octanol–water partition coefficient (Wildman–Crippen LogP) is 1.57. The quantitative estimate of drug-likeness (QED) is 0.803. The molecule has 1 unspecified atom stereocenters. The van der Waals surface area contributed by atoms with Crippen molar-refractivity contribution in [2.45, 2.75) is 25.0 Å². The Kier molecular flexibility index (Phi) is 3.28. The van der Waals surface area contributed by atoms with Crippen LogP contribution >= 0.6 is 0 Å². The Bertz CT molecular complexity index is 511. The number of nitrogens with two attached hydrogens (primary N) is 1. The van der Waals surface area contributed by atoms with Crippen molar-refractivity contribution in [2.24, 2.45) is 0 Å². The van der Waals surface area contributed by atoms with Crippen LogP contribution in [-0.2, 0) is 9.84 Å². The van der Waals surface area contributed by atoms with Gasteiger partial charge in [0, 0.05) is 17.9 Å². The highest BCUT2D eigenvalue weighted by atomic mass is 32.2. The second-order valence-electron chi connectivity index (χ2n) is 4.58. The number of anilines is 2. The van der Waals surface area contributed by atoms with E-state index in [1.54, 1.807) is 0 Å². The summed E-state index contributed by atoms with van der Waals surface area (Å²) in [5, 5.41) is 2.91. The number of hydrogen-bond donors (Lipinski definition) is 2. The maximum Gasteiger partial charge on any atom is 0.154 e. The van der Waals surface area contributed by atoms with Gasteiger partial charge in [-0.25, -0.2) is 8.42 Å². The van der Waals surface area contributed by atoms with Gasteiger partial charge in [0.2, 0.25) is 0 Å². The second kappa shape index (κ2) is 4.56. The molecule has 1 aromatic rings. The van der Waals surface area contributed by atoms with E-state index in [9.17, 15) is 8.42 Å². The average molecular weight is 254 g/mol. The van der Waals surface area contributed by atoms with Gasteiger partial charge in [-0.05, 0) is 37.5 Å². The summed E-state index contributed by atoms with van der Waals surface area (Å²) in [5.41, 5.74) is 8.44. The van der Waals surface area contributed by atoms with Crippen LogP contribution < -0.4 is 11.1 Å². The number of nitrogen functional groups attached to an aromatic ring is 1. The molecule has 1 heterocycles. The first-order chi connectivity index (χ1) is 7.99. The SMILES string of the molecule is Cc1ccc(NCC2CCCS2(=O)=O)cc1N. The Morgan fingerprint density at radius 2 is 2.24 bits per heavy atom. The molecule has 0 radical (unpaired) electrons. The Labute approximate surface area is 102 Å². The van der Waals surface area contributed by atoms with Gasteiger partial charge in [0.15, 0.2) is 9.84 Å². The van der Waals surface area contributed by atoms with Crippen molar-refractivity contribution in [3.8, 4) is 0 Å². The highest BCUT2D eigenvalue weighted by molar-refractivity contribution is 7.92. The van der Waals surface area contributed by atoms with E-state index in [-0.39, 0.29) is 5.25 Å². The third-order valence-corrected chi connectivity index (χ3v) is 5.55. The molecule has 0 bridgehead atoms. The van der Waals surface area contributed by atoms with Crippen LogP contribution in [0.2, 0.25) is 0 Å². The summed E-state index contributed by atoms with van der Waals surface area (Å²) in [5.74, 6) is 0.329. The molecule has 2 rings (SSSR count). The number of benzene rings is 1. The third kappa shape index (κ3) is 2.72. The molecule has 0 aromatic heterocycles. The topological polar surface area (TPSA) is 72.2 Å². The molecule has 94 valence electrons. The normalized spacial score (nSPS) is 22.5. The Morgan fingerprint density at radius 3 is 2.82 bits per heavy atom. The van der Waals surface area contributed by atoms with Crippen molar-refractivity contribution in [1.82, 2.24) is 0 Å². The molecule has 1 saturated heterocycles. The predicted molar refractivity (Wildman–Crippen MR) is 70.9 cm³/mol. The van der Waals surface area contributed by atoms with E-state index >= 15 is 0 Å². The minimum absolute atomic E-state index is 0.245. The Hall–Kier alpha value is -1.23. The van der Waals surface area contributed by atoms with Crippen molar-refractivity contribution in [1.29, 1.82) is 0 Å². The Balaban J connectivity index is 2.00. The largest absolute Gasteiger partial charge is 0.398 e. The fourth-order valence-corrected chi connectivity index (χ4v) is 3.83. The van der Waals surface area contributed by atoms with Crippen LogP contribution in [0.5, 0.6) is 0 Å². The lowest BCUT2D eigenvalue weighted by molar-refractivity contribution is 0.591. The zero-order chi connectivity index (χ0) is 12.5. The minimum Gasteiger partial charge on any atom is -0.398 e. The summed E-state index contributed by atoms with van der Waals surface area (Å²) < 4.78 is 23.3. The molecule has 1 aliphatic heterocycles. The van der Waals surface area contributed by atoms with Crippen molar-refractivity contribution < 1.29 is 8.42 Å². The van der Waals surface area contributed by atoms with Gasteiger partial charge < -0.3 is 11.1 Å². The first kappa shape index (κ1) is 12.2. The van der Waals surface area contributed by atoms with Gasteiger partial charge >= 0.3 is 0 Å². The zero-order valence-electron chi connectivity index (χ0n) is 9.94. The second-order valence-corrected chi connectivity index (χ2v) is 6.98. The number of aryl methyl sites for hydroxylation is 1. The van der Waals surface area contributed by atoms with E-state index in [2.05, 4.69) is 5.32 Å². The van der Waals surface area contributed by atoms with Crippen LogP contribution in [0.3, 0.4) is 0 Å². The maximum atomic E-state index is 11.6. The van der Waals surface area contributed by atoms with Gasteiger partial charge in [-0.15, -0.1) is 0 Å². The third-order valence-electron chi connectivity index (χ3n) is 3.28. The van der Waals surface area contributed by atoms with Crippen LogP contribution in [0.25, 0.3) is 0 Å². The van der Waals surface area contributed by atoms with Crippen molar-refractivity contribution in [2.75, 3.05) is 23.3 Å². The van der Waals surface area contributed by atoms with Gasteiger partial charge in [-0.3, -0.25) is 0 Å². The average Bonchev–Trinajstić information content (AvgIpc) is 2.60. The van der Waals surface area contributed by atoms with Gasteiger partial charge in [-0.1, -0.05) is 6.07 Å². The van der Waals surface area contributed by atoms with E-state index in [0.29, 0.717) is 12.3 Å². The number of rotatable bonds is 3. The molecule has 0 saturated carbocycles. The molecule has 4 nitrogen and oxygen atoms in total. The van der Waals surface area contributed by atoms with Crippen LogP contribution in [0.15, 0.2) is 18.2 Å². The van der Waals surface area contributed by atoms with Crippen molar-refractivity contribution >= 4 is 21.2 Å². The Morgan fingerprint density at radius 1 is 1.47 bits per heavy atom. The lowest BCUT2D eigenvalue weighted by atomic mass is 10.2. The van der Waals surface area contributed by atoms with E-state index in [1.807, 2.05) is 25.1 Å². The molecule has 1 fully saturated rings. The minimum atomic E-state index is -2.87. The first-order valence-electron chi connectivity index (χ1n) is 5.80. The van der Waals surface area contributed by atoms with Crippen LogP contribution in [0.1, 0.15) is 18.4 Å². The number of hydrogen-bond acceptors (Lipinski definition) is 4. The summed E-state index contributed by atoms with van der Waals surface area (Å²) in [6.07, 6.45) is 1.54.